The predicted octanol–water partition coefficient (Wildman–Crippen LogP) is 2.53. The van der Waals surface area contributed by atoms with Crippen molar-refractivity contribution in [1.29, 1.82) is 0 Å². The molecule has 172 valence electrons. The van der Waals surface area contributed by atoms with Crippen LogP contribution in [0.15, 0.2) is 23.1 Å². The molecule has 0 N–H and O–H groups in total. The summed E-state index contributed by atoms with van der Waals surface area (Å²) < 4.78 is 33.9. The lowest BCUT2D eigenvalue weighted by atomic mass is 9.94. The summed E-state index contributed by atoms with van der Waals surface area (Å²) in [4.78, 5) is 17.5. The van der Waals surface area contributed by atoms with E-state index in [1.165, 1.54) is 26.0 Å². The van der Waals surface area contributed by atoms with E-state index in [1.807, 2.05) is 4.90 Å². The molecule has 1 amide bonds. The van der Waals surface area contributed by atoms with Crippen molar-refractivity contribution < 1.29 is 17.9 Å². The summed E-state index contributed by atoms with van der Waals surface area (Å²) in [6.07, 6.45) is 3.68. The third-order valence-electron chi connectivity index (χ3n) is 6.74. The predicted molar refractivity (Wildman–Crippen MR) is 120 cm³/mol. The number of hydrogen-bond acceptors (Lipinski definition) is 5. The van der Waals surface area contributed by atoms with E-state index in [2.05, 4.69) is 18.7 Å². The summed E-state index contributed by atoms with van der Waals surface area (Å²) in [7, 11) is -2.27. The van der Waals surface area contributed by atoms with Crippen LogP contribution in [-0.2, 0) is 10.0 Å². The minimum atomic E-state index is -3.74. The fourth-order valence-electron chi connectivity index (χ4n) is 4.93. The van der Waals surface area contributed by atoms with E-state index in [1.54, 1.807) is 16.4 Å². The number of carbonyl (C=O) groups excluding carboxylic acids is 1. The SMILES string of the molecule is COc1ccc(C(=O)N2CCN(CC3CC3)CC2)cc1S(=O)(=O)N1CC(C)CC(C)C1. The molecule has 31 heavy (non-hydrogen) atoms. The number of ether oxygens (including phenoxy) is 1. The van der Waals surface area contributed by atoms with Crippen molar-refractivity contribution in [1.82, 2.24) is 14.1 Å². The van der Waals surface area contributed by atoms with Crippen molar-refractivity contribution >= 4 is 15.9 Å². The minimum absolute atomic E-state index is 0.0921. The molecule has 0 spiro atoms. The highest BCUT2D eigenvalue weighted by Crippen LogP contribution is 2.33. The van der Waals surface area contributed by atoms with Crippen molar-refractivity contribution in [3.8, 4) is 5.75 Å². The molecule has 2 saturated heterocycles. The number of carbonyl (C=O) groups is 1. The van der Waals surface area contributed by atoms with E-state index in [0.717, 1.165) is 32.0 Å². The average molecular weight is 450 g/mol. The second-order valence-corrected chi connectivity index (χ2v) is 11.6. The molecule has 2 atom stereocenters. The van der Waals surface area contributed by atoms with Crippen LogP contribution in [0.4, 0.5) is 0 Å². The van der Waals surface area contributed by atoms with Crippen molar-refractivity contribution in [2.24, 2.45) is 17.8 Å². The Kier molecular flexibility index (Phi) is 6.60. The normalized spacial score (nSPS) is 26.1. The van der Waals surface area contributed by atoms with Crippen LogP contribution in [0.3, 0.4) is 0 Å². The van der Waals surface area contributed by atoms with Gasteiger partial charge in [-0.25, -0.2) is 8.42 Å². The van der Waals surface area contributed by atoms with Crippen molar-refractivity contribution in [2.45, 2.75) is 38.0 Å². The van der Waals surface area contributed by atoms with Crippen LogP contribution in [0.5, 0.6) is 5.75 Å². The molecule has 3 fully saturated rings. The van der Waals surface area contributed by atoms with Gasteiger partial charge in [0.25, 0.3) is 5.91 Å². The molecule has 7 nitrogen and oxygen atoms in total. The molecule has 0 radical (unpaired) electrons. The number of rotatable bonds is 6. The second kappa shape index (κ2) is 9.08. The first-order valence-corrected chi connectivity index (χ1v) is 12.9. The van der Waals surface area contributed by atoms with E-state index < -0.39 is 10.0 Å². The maximum absolute atomic E-state index is 13.5. The van der Waals surface area contributed by atoms with Gasteiger partial charge in [-0.3, -0.25) is 9.69 Å². The summed E-state index contributed by atoms with van der Waals surface area (Å²) in [5, 5.41) is 0. The lowest BCUT2D eigenvalue weighted by Crippen LogP contribution is -2.49. The Balaban J connectivity index is 1.52. The topological polar surface area (TPSA) is 70.2 Å². The van der Waals surface area contributed by atoms with Crippen LogP contribution in [0, 0.1) is 17.8 Å². The fourth-order valence-corrected chi connectivity index (χ4v) is 6.80. The zero-order chi connectivity index (χ0) is 22.2. The molecule has 8 heteroatoms. The Morgan fingerprint density at radius 2 is 1.71 bits per heavy atom. The molecule has 1 saturated carbocycles. The Hall–Kier alpha value is -1.64. The second-order valence-electron chi connectivity index (χ2n) is 9.67. The average Bonchev–Trinajstić information content (AvgIpc) is 3.56. The van der Waals surface area contributed by atoms with Crippen LogP contribution in [0.1, 0.15) is 43.5 Å². The summed E-state index contributed by atoms with van der Waals surface area (Å²) in [5.41, 5.74) is 0.410. The smallest absolute Gasteiger partial charge is 0.253 e. The molecule has 4 rings (SSSR count). The van der Waals surface area contributed by atoms with Crippen molar-refractivity contribution in [2.75, 3.05) is 52.9 Å². The van der Waals surface area contributed by atoms with E-state index in [4.69, 9.17) is 4.74 Å². The summed E-state index contributed by atoms with van der Waals surface area (Å²) in [5.74, 6) is 1.64. The highest BCUT2D eigenvalue weighted by Gasteiger charge is 2.34. The van der Waals surface area contributed by atoms with Gasteiger partial charge in [-0.05, 0) is 55.2 Å². The first-order valence-electron chi connectivity index (χ1n) is 11.5. The van der Waals surface area contributed by atoms with Gasteiger partial charge < -0.3 is 9.64 Å². The van der Waals surface area contributed by atoms with Crippen molar-refractivity contribution in [3.05, 3.63) is 23.8 Å². The monoisotopic (exact) mass is 449 g/mol. The lowest BCUT2D eigenvalue weighted by molar-refractivity contribution is 0.0631. The Bertz CT molecular complexity index is 897. The largest absolute Gasteiger partial charge is 0.495 e. The van der Waals surface area contributed by atoms with Gasteiger partial charge in [0, 0.05) is 51.4 Å². The van der Waals surface area contributed by atoms with Crippen molar-refractivity contribution in [3.63, 3.8) is 0 Å². The van der Waals surface area contributed by atoms with Gasteiger partial charge in [0.15, 0.2) is 0 Å². The molecule has 1 aromatic rings. The van der Waals surface area contributed by atoms with Crippen LogP contribution >= 0.6 is 0 Å². The Morgan fingerprint density at radius 3 is 2.29 bits per heavy atom. The lowest BCUT2D eigenvalue weighted by Gasteiger charge is -2.35. The molecular formula is C23H35N3O4S. The quantitative estimate of drug-likeness (QED) is 0.668. The van der Waals surface area contributed by atoms with Gasteiger partial charge in [-0.15, -0.1) is 0 Å². The van der Waals surface area contributed by atoms with Crippen LogP contribution in [-0.4, -0.2) is 81.4 Å². The molecule has 1 aromatic carbocycles. The van der Waals surface area contributed by atoms with Gasteiger partial charge in [0.2, 0.25) is 10.0 Å². The highest BCUT2D eigenvalue weighted by molar-refractivity contribution is 7.89. The molecule has 0 aromatic heterocycles. The van der Waals surface area contributed by atoms with E-state index in [9.17, 15) is 13.2 Å². The van der Waals surface area contributed by atoms with Gasteiger partial charge in [-0.2, -0.15) is 4.31 Å². The van der Waals surface area contributed by atoms with E-state index in [0.29, 0.717) is 43.6 Å². The molecular weight excluding hydrogens is 414 g/mol. The van der Waals surface area contributed by atoms with Gasteiger partial charge in [0.05, 0.1) is 7.11 Å². The van der Waals surface area contributed by atoms with Crippen LogP contribution < -0.4 is 4.74 Å². The summed E-state index contributed by atoms with van der Waals surface area (Å²) >= 11 is 0. The Labute approximate surface area is 186 Å². The number of piperidine rings is 1. The number of amides is 1. The standard InChI is InChI=1S/C23H35N3O4S/c1-17-12-18(2)15-26(14-17)31(28,29)22-13-20(6-7-21(22)30-3)23(27)25-10-8-24(9-11-25)16-19-4-5-19/h6-7,13,17-19H,4-5,8-12,14-16H2,1-3H3. The number of piperazine rings is 1. The van der Waals surface area contributed by atoms with Crippen LogP contribution in [0.25, 0.3) is 0 Å². The third-order valence-corrected chi connectivity index (χ3v) is 8.59. The van der Waals surface area contributed by atoms with Gasteiger partial charge in [0.1, 0.15) is 10.6 Å². The van der Waals surface area contributed by atoms with Gasteiger partial charge in [-0.1, -0.05) is 13.8 Å². The number of benzene rings is 1. The summed E-state index contributed by atoms with van der Waals surface area (Å²) in [6.45, 7) is 9.42. The first kappa shape index (κ1) is 22.6. The molecule has 2 aliphatic heterocycles. The molecule has 2 unspecified atom stereocenters. The highest BCUT2D eigenvalue weighted by atomic mass is 32.2. The number of sulfonamides is 1. The molecule has 2 heterocycles. The number of hydrogen-bond donors (Lipinski definition) is 0. The Morgan fingerprint density at radius 1 is 1.06 bits per heavy atom. The minimum Gasteiger partial charge on any atom is -0.495 e. The third kappa shape index (κ3) is 5.07. The van der Waals surface area contributed by atoms with E-state index >= 15 is 0 Å². The van der Waals surface area contributed by atoms with Crippen LogP contribution in [0.2, 0.25) is 0 Å². The number of nitrogens with zero attached hydrogens (tertiary/aromatic N) is 3. The molecule has 3 aliphatic rings. The zero-order valence-corrected chi connectivity index (χ0v) is 19.7. The van der Waals surface area contributed by atoms with Gasteiger partial charge >= 0.3 is 0 Å². The number of methoxy groups -OCH3 is 1. The zero-order valence-electron chi connectivity index (χ0n) is 18.9. The fraction of sp³-hybridized carbons (Fsp3) is 0.696. The first-order chi connectivity index (χ1) is 14.8. The maximum atomic E-state index is 13.5. The summed E-state index contributed by atoms with van der Waals surface area (Å²) in [6, 6.07) is 4.80. The maximum Gasteiger partial charge on any atom is 0.253 e. The van der Waals surface area contributed by atoms with E-state index in [-0.39, 0.29) is 16.6 Å². The molecule has 0 bridgehead atoms. The molecule has 1 aliphatic carbocycles.